The van der Waals surface area contributed by atoms with Crippen molar-refractivity contribution in [2.75, 3.05) is 39.5 Å². The quantitative estimate of drug-likeness (QED) is 0.553. The van der Waals surface area contributed by atoms with E-state index in [0.29, 0.717) is 26.1 Å². The van der Waals surface area contributed by atoms with Gasteiger partial charge in [0.25, 0.3) is 0 Å². The van der Waals surface area contributed by atoms with Gasteiger partial charge >= 0.3 is 0 Å². The molecule has 0 amide bonds. The summed E-state index contributed by atoms with van der Waals surface area (Å²) >= 11 is 0. The average molecular weight is 209 g/mol. The van der Waals surface area contributed by atoms with E-state index in [-0.39, 0.29) is 5.75 Å². The summed E-state index contributed by atoms with van der Waals surface area (Å²) in [5.74, 6) is 0.122. The molecule has 0 saturated heterocycles. The van der Waals surface area contributed by atoms with E-state index >= 15 is 0 Å². The van der Waals surface area contributed by atoms with Crippen LogP contribution in [0.5, 0.6) is 0 Å². The summed E-state index contributed by atoms with van der Waals surface area (Å²) in [6.45, 7) is 1.58. The fourth-order valence-corrected chi connectivity index (χ4v) is 1.86. The Morgan fingerprint density at radius 3 is 2.46 bits per heavy atom. The maximum atomic E-state index is 11.2. The summed E-state index contributed by atoms with van der Waals surface area (Å²) in [5, 5.41) is 0. The largest absolute Gasteiger partial charge is 0.330 e. The van der Waals surface area contributed by atoms with Crippen LogP contribution in [0.2, 0.25) is 0 Å². The highest BCUT2D eigenvalue weighted by molar-refractivity contribution is 7.89. The van der Waals surface area contributed by atoms with Gasteiger partial charge in [-0.05, 0) is 27.1 Å². The fourth-order valence-electron chi connectivity index (χ4n) is 0.770. The van der Waals surface area contributed by atoms with Gasteiger partial charge in [0.2, 0.25) is 10.0 Å². The lowest BCUT2D eigenvalue weighted by Crippen LogP contribution is -2.33. The number of hydrogen-bond donors (Lipinski definition) is 2. The molecule has 0 fully saturated rings. The first-order valence-corrected chi connectivity index (χ1v) is 5.95. The number of nitrogens with zero attached hydrogens (tertiary/aromatic N) is 1. The Morgan fingerprint density at radius 1 is 1.38 bits per heavy atom. The second-order valence-corrected chi connectivity index (χ2v) is 5.09. The van der Waals surface area contributed by atoms with Gasteiger partial charge in [0.1, 0.15) is 0 Å². The zero-order valence-electron chi connectivity index (χ0n) is 8.28. The number of sulfonamides is 1. The first-order chi connectivity index (χ1) is 5.98. The van der Waals surface area contributed by atoms with Crippen LogP contribution in [0.1, 0.15) is 6.42 Å². The number of hydrogen-bond acceptors (Lipinski definition) is 4. The van der Waals surface area contributed by atoms with Gasteiger partial charge in [-0.1, -0.05) is 0 Å². The molecule has 0 aromatic rings. The highest BCUT2D eigenvalue weighted by atomic mass is 32.2. The van der Waals surface area contributed by atoms with Crippen molar-refractivity contribution < 1.29 is 8.42 Å². The minimum Gasteiger partial charge on any atom is -0.330 e. The lowest BCUT2D eigenvalue weighted by atomic mass is 10.5. The van der Waals surface area contributed by atoms with Gasteiger partial charge in [0, 0.05) is 13.1 Å². The first kappa shape index (κ1) is 12.8. The standard InChI is InChI=1S/C7H19N3O2S/c1-10(2)6-5-9-13(11,12)7-3-4-8/h9H,3-8H2,1-2H3. The molecule has 0 heterocycles. The summed E-state index contributed by atoms with van der Waals surface area (Å²) in [6, 6.07) is 0. The number of nitrogens with one attached hydrogen (secondary N) is 1. The van der Waals surface area contributed by atoms with Gasteiger partial charge in [0.05, 0.1) is 5.75 Å². The van der Waals surface area contributed by atoms with Crippen LogP contribution < -0.4 is 10.5 Å². The summed E-state index contributed by atoms with van der Waals surface area (Å²) in [5.41, 5.74) is 5.21. The zero-order chi connectivity index (χ0) is 10.3. The molecule has 0 aromatic heterocycles. The van der Waals surface area contributed by atoms with Gasteiger partial charge < -0.3 is 10.6 Å². The van der Waals surface area contributed by atoms with E-state index < -0.39 is 10.0 Å². The first-order valence-electron chi connectivity index (χ1n) is 4.30. The summed E-state index contributed by atoms with van der Waals surface area (Å²) in [7, 11) is 0.698. The number of rotatable bonds is 7. The Morgan fingerprint density at radius 2 is 2.00 bits per heavy atom. The topological polar surface area (TPSA) is 75.4 Å². The Bertz CT molecular complexity index is 214. The molecule has 6 heteroatoms. The van der Waals surface area contributed by atoms with Crippen LogP contribution in [0.15, 0.2) is 0 Å². The third-order valence-electron chi connectivity index (χ3n) is 1.50. The molecular formula is C7H19N3O2S. The Hall–Kier alpha value is -0.170. The molecule has 3 N–H and O–H groups in total. The summed E-state index contributed by atoms with van der Waals surface area (Å²) in [4.78, 5) is 1.92. The fraction of sp³-hybridized carbons (Fsp3) is 1.00. The number of nitrogens with two attached hydrogens (primary N) is 1. The van der Waals surface area contributed by atoms with Crippen molar-refractivity contribution in [3.8, 4) is 0 Å². The molecule has 0 aliphatic heterocycles. The Balaban J connectivity index is 3.64. The van der Waals surface area contributed by atoms with Crippen LogP contribution in [0.25, 0.3) is 0 Å². The van der Waals surface area contributed by atoms with Crippen molar-refractivity contribution in [1.29, 1.82) is 0 Å². The highest BCUT2D eigenvalue weighted by Crippen LogP contribution is 1.87. The van der Waals surface area contributed by atoms with Crippen molar-refractivity contribution in [3.63, 3.8) is 0 Å². The molecule has 0 aromatic carbocycles. The highest BCUT2D eigenvalue weighted by Gasteiger charge is 2.07. The van der Waals surface area contributed by atoms with E-state index in [4.69, 9.17) is 5.73 Å². The van der Waals surface area contributed by atoms with E-state index in [1.54, 1.807) is 0 Å². The SMILES string of the molecule is CN(C)CCNS(=O)(=O)CCCN. The smallest absolute Gasteiger partial charge is 0.211 e. The van der Waals surface area contributed by atoms with E-state index in [1.165, 1.54) is 0 Å². The minimum atomic E-state index is -3.10. The maximum Gasteiger partial charge on any atom is 0.211 e. The molecule has 13 heavy (non-hydrogen) atoms. The molecular weight excluding hydrogens is 190 g/mol. The third kappa shape index (κ3) is 8.17. The molecule has 0 rings (SSSR count). The van der Waals surface area contributed by atoms with E-state index in [0.717, 1.165) is 0 Å². The lowest BCUT2D eigenvalue weighted by Gasteiger charge is -2.10. The van der Waals surface area contributed by atoms with Gasteiger partial charge in [-0.3, -0.25) is 0 Å². The third-order valence-corrected chi connectivity index (χ3v) is 2.97. The van der Waals surface area contributed by atoms with Crippen molar-refractivity contribution in [2.45, 2.75) is 6.42 Å². The molecule has 80 valence electrons. The lowest BCUT2D eigenvalue weighted by molar-refractivity contribution is 0.412. The molecule has 0 atom stereocenters. The molecule has 0 spiro atoms. The van der Waals surface area contributed by atoms with Gasteiger partial charge in [-0.2, -0.15) is 0 Å². The van der Waals surface area contributed by atoms with Gasteiger partial charge in [0.15, 0.2) is 0 Å². The Kier molecular flexibility index (Phi) is 6.23. The van der Waals surface area contributed by atoms with Crippen LogP contribution in [0, 0.1) is 0 Å². The zero-order valence-corrected chi connectivity index (χ0v) is 9.10. The monoisotopic (exact) mass is 209 g/mol. The van der Waals surface area contributed by atoms with E-state index in [2.05, 4.69) is 4.72 Å². The molecule has 0 unspecified atom stereocenters. The van der Waals surface area contributed by atoms with Gasteiger partial charge in [-0.25, -0.2) is 13.1 Å². The van der Waals surface area contributed by atoms with Crippen molar-refractivity contribution >= 4 is 10.0 Å². The second-order valence-electron chi connectivity index (χ2n) is 3.16. The van der Waals surface area contributed by atoms with Crippen molar-refractivity contribution in [3.05, 3.63) is 0 Å². The average Bonchev–Trinajstić information content (AvgIpc) is 2.00. The van der Waals surface area contributed by atoms with Crippen LogP contribution in [-0.4, -0.2) is 52.8 Å². The second kappa shape index (κ2) is 6.31. The van der Waals surface area contributed by atoms with Crippen LogP contribution >= 0.6 is 0 Å². The van der Waals surface area contributed by atoms with Crippen molar-refractivity contribution in [2.24, 2.45) is 5.73 Å². The van der Waals surface area contributed by atoms with Crippen LogP contribution in [0.3, 0.4) is 0 Å². The predicted molar refractivity (Wildman–Crippen MR) is 54.0 cm³/mol. The normalized spacial score (nSPS) is 12.3. The van der Waals surface area contributed by atoms with E-state index in [9.17, 15) is 8.42 Å². The molecule has 0 bridgehead atoms. The van der Waals surface area contributed by atoms with Crippen LogP contribution in [-0.2, 0) is 10.0 Å². The number of likely N-dealkylation sites (N-methyl/N-ethyl adjacent to an activating group) is 1. The van der Waals surface area contributed by atoms with Gasteiger partial charge in [-0.15, -0.1) is 0 Å². The molecule has 5 nitrogen and oxygen atoms in total. The van der Waals surface area contributed by atoms with E-state index in [1.807, 2.05) is 19.0 Å². The summed E-state index contributed by atoms with van der Waals surface area (Å²) < 4.78 is 24.9. The predicted octanol–water partition coefficient (Wildman–Crippen LogP) is -1.18. The minimum absolute atomic E-state index is 0.122. The molecule has 0 aliphatic carbocycles. The van der Waals surface area contributed by atoms with Crippen LogP contribution in [0.4, 0.5) is 0 Å². The molecule has 0 aliphatic rings. The summed E-state index contributed by atoms with van der Waals surface area (Å²) in [6.07, 6.45) is 0.511. The molecule has 0 saturated carbocycles. The van der Waals surface area contributed by atoms with Crippen molar-refractivity contribution in [1.82, 2.24) is 9.62 Å². The Labute approximate surface area is 80.3 Å². The molecule has 0 radical (unpaired) electrons. The maximum absolute atomic E-state index is 11.2.